The first-order valence-corrected chi connectivity index (χ1v) is 22.4. The zero-order chi connectivity index (χ0) is 45.0. The predicted molar refractivity (Wildman–Crippen MR) is 245 cm³/mol. The Kier molecular flexibility index (Phi) is 19.2. The third kappa shape index (κ3) is 14.8. The normalized spacial score (nSPS) is 12.3. The Bertz CT molecular complexity index is 2190. The Hall–Kier alpha value is -5.99. The van der Waals surface area contributed by atoms with Gasteiger partial charge in [-0.3, -0.25) is 33.8 Å². The lowest BCUT2D eigenvalue weighted by Crippen LogP contribution is -2.50. The van der Waals surface area contributed by atoms with Crippen LogP contribution in [-0.4, -0.2) is 118 Å². The molecule has 2 aromatic heterocycles. The fourth-order valence-electron chi connectivity index (χ4n) is 7.85. The molecule has 0 bridgehead atoms. The van der Waals surface area contributed by atoms with E-state index in [1.807, 2.05) is 80.7 Å². The van der Waals surface area contributed by atoms with Gasteiger partial charge in [-0.2, -0.15) is 0 Å². The van der Waals surface area contributed by atoms with Gasteiger partial charge in [0.05, 0.1) is 26.2 Å². The van der Waals surface area contributed by atoms with Crippen LogP contribution >= 0.6 is 0 Å². The highest BCUT2D eigenvalue weighted by Crippen LogP contribution is 2.31. The summed E-state index contributed by atoms with van der Waals surface area (Å²) in [5, 5.41) is 7.11. The lowest BCUT2D eigenvalue weighted by molar-refractivity contribution is -0.141. The van der Waals surface area contributed by atoms with Crippen molar-refractivity contribution in [1.29, 1.82) is 0 Å². The Balaban J connectivity index is 1.23. The molecule has 1 aliphatic rings. The molecule has 1 atom stereocenters. The second kappa shape index (κ2) is 25.2. The molecule has 0 fully saturated rings. The Morgan fingerprint density at radius 2 is 1.56 bits per heavy atom. The molecule has 1 aliphatic carbocycles. The number of nitrogens with two attached hydrogens (primary N) is 1. The first kappa shape index (κ1) is 48.0. The minimum atomic E-state index is -0.940. The number of aromatic amines is 1. The van der Waals surface area contributed by atoms with Crippen molar-refractivity contribution < 1.29 is 28.8 Å². The number of Topliss-reactive ketones (excluding diaryl/α,β-unsaturated/α-hetero) is 2. The zero-order valence-corrected chi connectivity index (χ0v) is 36.9. The van der Waals surface area contributed by atoms with Gasteiger partial charge in [0.25, 0.3) is 0 Å². The van der Waals surface area contributed by atoms with Crippen LogP contribution in [0.4, 0.5) is 0 Å². The second-order valence-corrected chi connectivity index (χ2v) is 16.2. The lowest BCUT2D eigenvalue weighted by atomic mass is 9.98. The van der Waals surface area contributed by atoms with E-state index in [0.29, 0.717) is 38.8 Å². The van der Waals surface area contributed by atoms with Crippen LogP contribution in [-0.2, 0) is 48.2 Å². The summed E-state index contributed by atoms with van der Waals surface area (Å²) in [5.74, 6) is -1.84. The summed E-state index contributed by atoms with van der Waals surface area (Å²) in [6.07, 6.45) is 11.6. The van der Waals surface area contributed by atoms with Gasteiger partial charge in [-0.25, -0.2) is 0 Å². The van der Waals surface area contributed by atoms with Crippen molar-refractivity contribution >= 4 is 51.7 Å². The zero-order valence-electron chi connectivity index (χ0n) is 36.9. The van der Waals surface area contributed by atoms with Gasteiger partial charge in [0.1, 0.15) is 6.04 Å². The summed E-state index contributed by atoms with van der Waals surface area (Å²) in [5.41, 5.74) is 11.9. The Labute approximate surface area is 371 Å². The fraction of sp³-hybridized carbons (Fsp3) is 0.449. The average molecular weight is 861 g/mol. The van der Waals surface area contributed by atoms with E-state index in [9.17, 15) is 28.8 Å². The molecule has 0 radical (unpaired) electrons. The number of H-pyrrole nitrogens is 1. The fourth-order valence-corrected chi connectivity index (χ4v) is 7.85. The summed E-state index contributed by atoms with van der Waals surface area (Å²) in [7, 11) is 0. The smallest absolute Gasteiger partial charge is 0.245 e. The Morgan fingerprint density at radius 3 is 2.33 bits per heavy atom. The number of nitrogens with zero attached hydrogens (tertiary/aromatic N) is 4. The number of allylic oxidation sites excluding steroid dienone is 1. The molecule has 0 aliphatic heterocycles. The van der Waals surface area contributed by atoms with Crippen molar-refractivity contribution in [1.82, 2.24) is 35.3 Å². The number of unbranched alkanes of at least 4 members (excludes halogenated alkanes) is 1. The van der Waals surface area contributed by atoms with E-state index in [-0.39, 0.29) is 88.5 Å². The number of aromatic nitrogens is 2. The largest absolute Gasteiger partial charge is 0.361 e. The highest BCUT2D eigenvalue weighted by atomic mass is 16.2. The summed E-state index contributed by atoms with van der Waals surface area (Å²) < 4.78 is 0. The van der Waals surface area contributed by atoms with E-state index in [1.165, 1.54) is 9.80 Å². The van der Waals surface area contributed by atoms with Gasteiger partial charge in [-0.1, -0.05) is 74.9 Å². The van der Waals surface area contributed by atoms with E-state index >= 15 is 0 Å². The van der Waals surface area contributed by atoms with Crippen LogP contribution in [0.2, 0.25) is 0 Å². The highest BCUT2D eigenvalue weighted by Gasteiger charge is 2.30. The monoisotopic (exact) mass is 860 g/mol. The average Bonchev–Trinajstić information content (AvgIpc) is 3.91. The molecule has 2 heterocycles. The number of hydrogen-bond acceptors (Lipinski definition) is 9. The van der Waals surface area contributed by atoms with Gasteiger partial charge in [0.2, 0.25) is 23.6 Å². The van der Waals surface area contributed by atoms with E-state index < -0.39 is 17.9 Å². The third-order valence-electron chi connectivity index (χ3n) is 11.3. The summed E-state index contributed by atoms with van der Waals surface area (Å²) in [4.78, 5) is 93.7. The number of carbonyl (C=O) groups is 6. The number of rotatable bonds is 28. The molecule has 63 heavy (non-hydrogen) atoms. The second-order valence-electron chi connectivity index (χ2n) is 16.2. The van der Waals surface area contributed by atoms with Crippen LogP contribution in [0, 0.1) is 0 Å². The number of pyridine rings is 1. The van der Waals surface area contributed by atoms with Crippen LogP contribution in [0.3, 0.4) is 0 Å². The van der Waals surface area contributed by atoms with Crippen molar-refractivity contribution in [3.8, 4) is 0 Å². The van der Waals surface area contributed by atoms with Gasteiger partial charge in [0, 0.05) is 81.4 Å². The van der Waals surface area contributed by atoms with Crippen LogP contribution in [0.25, 0.3) is 16.5 Å². The van der Waals surface area contributed by atoms with Gasteiger partial charge in [-0.15, -0.1) is 0 Å². The molecule has 14 nitrogen and oxygen atoms in total. The third-order valence-corrected chi connectivity index (χ3v) is 11.3. The molecule has 4 amide bonds. The molecule has 0 spiro atoms. The molecular formula is C49H64N8O6. The molecule has 1 unspecified atom stereocenters. The van der Waals surface area contributed by atoms with Gasteiger partial charge >= 0.3 is 0 Å². The molecule has 0 saturated carbocycles. The van der Waals surface area contributed by atoms with Crippen molar-refractivity contribution in [3.05, 3.63) is 108 Å². The van der Waals surface area contributed by atoms with E-state index in [2.05, 4.69) is 26.7 Å². The number of fused-ring (bicyclic) bond motifs is 2. The van der Waals surface area contributed by atoms with E-state index in [4.69, 9.17) is 5.73 Å². The van der Waals surface area contributed by atoms with Crippen LogP contribution in [0.1, 0.15) is 87.5 Å². The summed E-state index contributed by atoms with van der Waals surface area (Å²) >= 11 is 0. The SMILES string of the molecule is CCCCC(=O)CN(CCC)C(=O)C(CC1=CCc2ccccc21)NC(=O)CCC(=O)CN(CCCN)C(=O)CN(CCc1c[nH]c2ccccc12)C(=O)CNCc1cccnc1. The Morgan fingerprint density at radius 1 is 0.794 bits per heavy atom. The first-order chi connectivity index (χ1) is 30.6. The number of carbonyl (C=O) groups excluding carboxylic acids is 6. The molecule has 2 aromatic carbocycles. The minimum absolute atomic E-state index is 0.00837. The first-order valence-electron chi connectivity index (χ1n) is 22.4. The molecule has 14 heteroatoms. The molecule has 336 valence electrons. The van der Waals surface area contributed by atoms with Crippen molar-refractivity contribution in [2.75, 3.05) is 52.4 Å². The van der Waals surface area contributed by atoms with Crippen molar-refractivity contribution in [2.45, 2.75) is 90.6 Å². The minimum Gasteiger partial charge on any atom is -0.361 e. The predicted octanol–water partition coefficient (Wildman–Crippen LogP) is 4.76. The number of para-hydroxylation sites is 1. The van der Waals surface area contributed by atoms with Gasteiger partial charge in [0.15, 0.2) is 11.6 Å². The van der Waals surface area contributed by atoms with Crippen molar-refractivity contribution in [3.63, 3.8) is 0 Å². The van der Waals surface area contributed by atoms with Gasteiger partial charge in [-0.05, 0) is 78.6 Å². The number of nitrogens with one attached hydrogen (secondary N) is 3. The topological polar surface area (TPSA) is 191 Å². The standard InChI is InChI=1S/C49H64N8O6/c1-3-5-14-40(58)34-57(25-4-2)49(63)45(28-38-19-18-37-13-6-7-15-42(37)38)54-46(60)21-20-41(59)33-55(26-11-23-50)48(62)35-56(47(61)32-52-30-36-12-10-24-51-29-36)27-22-39-31-53-44-17-9-8-16-43(39)44/h6-10,12-13,15-17,19,24,29,31,45,52-53H,3-5,11,14,18,20-23,25-28,30,32-35,50H2,1-2H3,(H,54,60). The van der Waals surface area contributed by atoms with Crippen LogP contribution in [0.15, 0.2) is 85.3 Å². The number of amides is 4. The quantitative estimate of drug-likeness (QED) is 0.0624. The maximum absolute atomic E-state index is 14.1. The molecule has 5 N–H and O–H groups in total. The van der Waals surface area contributed by atoms with E-state index in [1.54, 1.807) is 17.3 Å². The van der Waals surface area contributed by atoms with Crippen LogP contribution in [0.5, 0.6) is 0 Å². The van der Waals surface area contributed by atoms with E-state index in [0.717, 1.165) is 58.0 Å². The summed E-state index contributed by atoms with van der Waals surface area (Å²) in [6, 6.07) is 18.6. The number of ketones is 2. The molecule has 0 saturated heterocycles. The maximum atomic E-state index is 14.1. The van der Waals surface area contributed by atoms with Crippen LogP contribution < -0.4 is 16.4 Å². The van der Waals surface area contributed by atoms with Gasteiger partial charge < -0.3 is 36.1 Å². The lowest BCUT2D eigenvalue weighted by Gasteiger charge is -2.28. The number of hydrogen-bond donors (Lipinski definition) is 4. The van der Waals surface area contributed by atoms with Crippen molar-refractivity contribution in [2.24, 2.45) is 5.73 Å². The molecular weight excluding hydrogens is 797 g/mol. The molecule has 4 aromatic rings. The molecule has 5 rings (SSSR count). The maximum Gasteiger partial charge on any atom is 0.245 e. The number of benzene rings is 2. The highest BCUT2D eigenvalue weighted by molar-refractivity contribution is 5.95. The summed E-state index contributed by atoms with van der Waals surface area (Å²) in [6.45, 7) is 4.98.